The van der Waals surface area contributed by atoms with Crippen LogP contribution < -0.4 is 5.32 Å². The lowest BCUT2D eigenvalue weighted by Gasteiger charge is -2.21. The second kappa shape index (κ2) is 8.57. The molecule has 0 spiro atoms. The zero-order valence-corrected chi connectivity index (χ0v) is 14.3. The molecule has 1 aliphatic heterocycles. The summed E-state index contributed by atoms with van der Waals surface area (Å²) in [6.45, 7) is 4.24. The zero-order chi connectivity index (χ0) is 18.4. The highest BCUT2D eigenvalue weighted by molar-refractivity contribution is 5.81. The van der Waals surface area contributed by atoms with E-state index < -0.39 is 16.9 Å². The van der Waals surface area contributed by atoms with Crippen LogP contribution in [0.2, 0.25) is 0 Å². The Kier molecular flexibility index (Phi) is 6.46. The Hall–Kier alpha value is -2.48. The average molecular weight is 350 g/mol. The lowest BCUT2D eigenvalue weighted by molar-refractivity contribution is -0.385. The number of ether oxygens (including phenoxy) is 2. The largest absolute Gasteiger partial charge is 0.463 e. The monoisotopic (exact) mass is 350 g/mol. The Morgan fingerprint density at radius 2 is 2.12 bits per heavy atom. The molecule has 1 aromatic rings. The summed E-state index contributed by atoms with van der Waals surface area (Å²) >= 11 is 0. The Balaban J connectivity index is 2.23. The van der Waals surface area contributed by atoms with Crippen LogP contribution in [0, 0.1) is 16.0 Å². The molecule has 1 aliphatic rings. The molecule has 1 heterocycles. The third-order valence-electron chi connectivity index (χ3n) is 3.86. The minimum Gasteiger partial charge on any atom is -0.463 e. The van der Waals surface area contributed by atoms with E-state index in [0.717, 1.165) is 0 Å². The van der Waals surface area contributed by atoms with Crippen molar-refractivity contribution in [3.8, 4) is 0 Å². The molecule has 8 heteroatoms. The Morgan fingerprint density at radius 1 is 1.40 bits per heavy atom. The second-order valence-corrected chi connectivity index (χ2v) is 6.18. The predicted octanol–water partition coefficient (Wildman–Crippen LogP) is 2.13. The van der Waals surface area contributed by atoms with E-state index in [2.05, 4.69) is 5.32 Å². The highest BCUT2D eigenvalue weighted by Crippen LogP contribution is 2.28. The van der Waals surface area contributed by atoms with Gasteiger partial charge >= 0.3 is 5.97 Å². The van der Waals surface area contributed by atoms with Crippen molar-refractivity contribution in [3.05, 3.63) is 39.9 Å². The molecule has 0 aliphatic carbocycles. The molecule has 1 amide bonds. The normalized spacial score (nSPS) is 18.0. The van der Waals surface area contributed by atoms with Gasteiger partial charge in [-0.1, -0.05) is 18.2 Å². The Labute approximate surface area is 145 Å². The SMILES string of the molecule is CC(C)OC(=O)CC(NC(=O)C1CCOC1)c1ccccc1[N+](=O)[O-]. The molecule has 2 atom stereocenters. The van der Waals surface area contributed by atoms with E-state index in [1.54, 1.807) is 19.9 Å². The number of nitrogens with one attached hydrogen (secondary N) is 1. The minimum absolute atomic E-state index is 0.146. The van der Waals surface area contributed by atoms with Gasteiger partial charge in [-0.05, 0) is 20.3 Å². The summed E-state index contributed by atoms with van der Waals surface area (Å²) in [5.41, 5.74) is 0.133. The van der Waals surface area contributed by atoms with Crippen molar-refractivity contribution in [2.75, 3.05) is 13.2 Å². The van der Waals surface area contributed by atoms with Gasteiger partial charge < -0.3 is 14.8 Å². The third-order valence-corrected chi connectivity index (χ3v) is 3.86. The summed E-state index contributed by atoms with van der Waals surface area (Å²) in [7, 11) is 0. The number of nitro benzene ring substituents is 1. The van der Waals surface area contributed by atoms with Gasteiger partial charge in [0, 0.05) is 12.7 Å². The van der Waals surface area contributed by atoms with Gasteiger partial charge in [0.25, 0.3) is 5.69 Å². The van der Waals surface area contributed by atoms with Gasteiger partial charge in [-0.3, -0.25) is 19.7 Å². The topological polar surface area (TPSA) is 108 Å². The molecule has 1 aromatic carbocycles. The Morgan fingerprint density at radius 3 is 2.72 bits per heavy atom. The van der Waals surface area contributed by atoms with Crippen LogP contribution in [0.25, 0.3) is 0 Å². The highest BCUT2D eigenvalue weighted by Gasteiger charge is 2.30. The zero-order valence-electron chi connectivity index (χ0n) is 14.3. The first-order valence-electron chi connectivity index (χ1n) is 8.19. The van der Waals surface area contributed by atoms with Crippen LogP contribution in [-0.2, 0) is 19.1 Å². The van der Waals surface area contributed by atoms with E-state index in [9.17, 15) is 19.7 Å². The molecule has 0 saturated carbocycles. The molecule has 1 N–H and O–H groups in total. The van der Waals surface area contributed by atoms with E-state index in [-0.39, 0.29) is 35.6 Å². The van der Waals surface area contributed by atoms with Gasteiger partial charge in [0.2, 0.25) is 5.91 Å². The molecule has 1 saturated heterocycles. The van der Waals surface area contributed by atoms with Gasteiger partial charge in [0.1, 0.15) is 0 Å². The van der Waals surface area contributed by atoms with Crippen molar-refractivity contribution in [2.45, 2.75) is 38.8 Å². The number of nitrogens with zero attached hydrogens (tertiary/aromatic N) is 1. The lowest BCUT2D eigenvalue weighted by Crippen LogP contribution is -2.36. The smallest absolute Gasteiger partial charge is 0.308 e. The number of benzene rings is 1. The molecule has 25 heavy (non-hydrogen) atoms. The van der Waals surface area contributed by atoms with Crippen LogP contribution in [0.15, 0.2) is 24.3 Å². The molecule has 2 unspecified atom stereocenters. The van der Waals surface area contributed by atoms with Crippen LogP contribution >= 0.6 is 0 Å². The van der Waals surface area contributed by atoms with Crippen LogP contribution in [0.3, 0.4) is 0 Å². The van der Waals surface area contributed by atoms with Crippen molar-refractivity contribution >= 4 is 17.6 Å². The summed E-state index contributed by atoms with van der Waals surface area (Å²) in [6.07, 6.45) is 0.103. The number of para-hydroxylation sites is 1. The Bertz CT molecular complexity index is 640. The van der Waals surface area contributed by atoms with E-state index in [1.165, 1.54) is 18.2 Å². The molecule has 0 aromatic heterocycles. The van der Waals surface area contributed by atoms with E-state index >= 15 is 0 Å². The standard InChI is InChI=1S/C17H22N2O6/c1-11(2)25-16(20)9-14(18-17(21)12-7-8-24-10-12)13-5-3-4-6-15(13)19(22)23/h3-6,11-12,14H,7-10H2,1-2H3,(H,18,21). The maximum Gasteiger partial charge on any atom is 0.308 e. The van der Waals surface area contributed by atoms with Crippen molar-refractivity contribution in [3.63, 3.8) is 0 Å². The quantitative estimate of drug-likeness (QED) is 0.458. The molecule has 0 radical (unpaired) electrons. The predicted molar refractivity (Wildman–Crippen MR) is 88.8 cm³/mol. The lowest BCUT2D eigenvalue weighted by atomic mass is 10.00. The molecule has 8 nitrogen and oxygen atoms in total. The maximum atomic E-state index is 12.4. The van der Waals surface area contributed by atoms with E-state index in [4.69, 9.17) is 9.47 Å². The van der Waals surface area contributed by atoms with Gasteiger partial charge in [0.15, 0.2) is 0 Å². The van der Waals surface area contributed by atoms with Crippen molar-refractivity contribution in [1.82, 2.24) is 5.32 Å². The van der Waals surface area contributed by atoms with Crippen LogP contribution in [0.5, 0.6) is 0 Å². The first kappa shape index (κ1) is 18.9. The number of carbonyl (C=O) groups is 2. The second-order valence-electron chi connectivity index (χ2n) is 6.18. The van der Waals surface area contributed by atoms with Crippen LogP contribution in [0.1, 0.15) is 38.3 Å². The van der Waals surface area contributed by atoms with E-state index in [0.29, 0.717) is 19.6 Å². The fourth-order valence-corrected chi connectivity index (χ4v) is 2.70. The summed E-state index contributed by atoms with van der Waals surface area (Å²) in [5.74, 6) is -1.12. The van der Waals surface area contributed by atoms with Gasteiger partial charge in [-0.2, -0.15) is 0 Å². The molecular weight excluding hydrogens is 328 g/mol. The molecule has 1 fully saturated rings. The fourth-order valence-electron chi connectivity index (χ4n) is 2.70. The summed E-state index contributed by atoms with van der Waals surface area (Å²) in [4.78, 5) is 35.2. The maximum absolute atomic E-state index is 12.4. The fraction of sp³-hybridized carbons (Fsp3) is 0.529. The van der Waals surface area contributed by atoms with Gasteiger partial charge in [-0.25, -0.2) is 0 Å². The number of carbonyl (C=O) groups excluding carboxylic acids is 2. The van der Waals surface area contributed by atoms with Crippen LogP contribution in [0.4, 0.5) is 5.69 Å². The van der Waals surface area contributed by atoms with E-state index in [1.807, 2.05) is 0 Å². The highest BCUT2D eigenvalue weighted by atomic mass is 16.6. The number of nitro groups is 1. The molecule has 136 valence electrons. The van der Waals surface area contributed by atoms with Crippen molar-refractivity contribution in [1.29, 1.82) is 0 Å². The van der Waals surface area contributed by atoms with Crippen LogP contribution in [-0.4, -0.2) is 36.1 Å². The molecular formula is C17H22N2O6. The first-order valence-corrected chi connectivity index (χ1v) is 8.19. The number of hydrogen-bond donors (Lipinski definition) is 1. The number of amides is 1. The first-order chi connectivity index (χ1) is 11.9. The minimum atomic E-state index is -0.832. The number of rotatable bonds is 7. The van der Waals surface area contributed by atoms with Crippen molar-refractivity contribution < 1.29 is 24.0 Å². The third kappa shape index (κ3) is 5.25. The number of esters is 1. The summed E-state index contributed by atoms with van der Waals surface area (Å²) < 4.78 is 10.3. The average Bonchev–Trinajstić information content (AvgIpc) is 3.08. The summed E-state index contributed by atoms with van der Waals surface area (Å²) in [5, 5.41) is 14.0. The molecule has 2 rings (SSSR count). The van der Waals surface area contributed by atoms with Crippen molar-refractivity contribution in [2.24, 2.45) is 5.92 Å². The summed E-state index contributed by atoms with van der Waals surface area (Å²) in [6, 6.07) is 5.23. The molecule has 0 bridgehead atoms. The van der Waals surface area contributed by atoms with Gasteiger partial charge in [0.05, 0.1) is 41.6 Å². The number of hydrogen-bond acceptors (Lipinski definition) is 6. The van der Waals surface area contributed by atoms with Gasteiger partial charge in [-0.15, -0.1) is 0 Å².